The summed E-state index contributed by atoms with van der Waals surface area (Å²) in [5.74, 6) is 0.489. The fraction of sp³-hybridized carbons (Fsp3) is 0.0588. The van der Waals surface area contributed by atoms with Crippen LogP contribution < -0.4 is 5.32 Å². The van der Waals surface area contributed by atoms with Crippen LogP contribution in [0.3, 0.4) is 0 Å². The molecule has 7 heteroatoms. The maximum atomic E-state index is 13.0. The molecule has 24 heavy (non-hydrogen) atoms. The molecule has 0 spiro atoms. The Morgan fingerprint density at radius 2 is 1.83 bits per heavy atom. The van der Waals surface area contributed by atoms with Crippen LogP contribution in [-0.4, -0.2) is 4.98 Å². The Hall–Kier alpha value is -3.27. The zero-order valence-corrected chi connectivity index (χ0v) is 12.1. The van der Waals surface area contributed by atoms with Gasteiger partial charge < -0.3 is 9.73 Å². The van der Waals surface area contributed by atoms with E-state index in [0.717, 1.165) is 17.7 Å². The van der Waals surface area contributed by atoms with Crippen molar-refractivity contribution >= 4 is 11.7 Å². The molecular formula is C17H10F3N3O. The number of rotatable bonds is 3. The van der Waals surface area contributed by atoms with Crippen LogP contribution >= 0.6 is 0 Å². The van der Waals surface area contributed by atoms with Gasteiger partial charge >= 0.3 is 6.18 Å². The lowest BCUT2D eigenvalue weighted by molar-refractivity contribution is -0.137. The van der Waals surface area contributed by atoms with Crippen molar-refractivity contribution in [2.75, 3.05) is 5.32 Å². The second-order valence-corrected chi connectivity index (χ2v) is 4.89. The highest BCUT2D eigenvalue weighted by Gasteiger charge is 2.33. The number of hydrogen-bond donors (Lipinski definition) is 1. The number of nitrogens with one attached hydrogen (secondary N) is 1. The Morgan fingerprint density at radius 3 is 2.50 bits per heavy atom. The molecule has 4 nitrogen and oxygen atoms in total. The second kappa shape index (κ2) is 6.08. The molecule has 0 aliphatic heterocycles. The summed E-state index contributed by atoms with van der Waals surface area (Å²) < 4.78 is 44.4. The molecule has 0 saturated carbocycles. The fourth-order valence-electron chi connectivity index (χ4n) is 2.15. The quantitative estimate of drug-likeness (QED) is 0.736. The molecule has 0 radical (unpaired) electrons. The highest BCUT2D eigenvalue weighted by molar-refractivity contribution is 5.61. The molecule has 3 rings (SSSR count). The minimum Gasteiger partial charge on any atom is -0.423 e. The van der Waals surface area contributed by atoms with Crippen LogP contribution in [0, 0.1) is 11.3 Å². The first kappa shape index (κ1) is 15.6. The van der Waals surface area contributed by atoms with Gasteiger partial charge in [0.2, 0.25) is 0 Å². The molecular weight excluding hydrogens is 319 g/mol. The normalized spacial score (nSPS) is 11.1. The van der Waals surface area contributed by atoms with Crippen LogP contribution in [0.15, 0.2) is 59.1 Å². The van der Waals surface area contributed by atoms with Gasteiger partial charge in [-0.25, -0.2) is 4.98 Å². The molecule has 1 N–H and O–H groups in total. The van der Waals surface area contributed by atoms with Crippen LogP contribution in [0.1, 0.15) is 11.1 Å². The van der Waals surface area contributed by atoms with E-state index < -0.39 is 17.3 Å². The van der Waals surface area contributed by atoms with Gasteiger partial charge in [-0.2, -0.15) is 18.4 Å². The van der Waals surface area contributed by atoms with Crippen molar-refractivity contribution in [1.29, 1.82) is 5.26 Å². The van der Waals surface area contributed by atoms with E-state index in [4.69, 9.17) is 9.68 Å². The van der Waals surface area contributed by atoms with E-state index in [1.54, 1.807) is 0 Å². The molecule has 120 valence electrons. The number of oxazole rings is 1. The maximum Gasteiger partial charge on any atom is 0.417 e. The SMILES string of the molecule is N#Cc1ccc(Nc2ncc(-c3ccccc3)o2)cc1C(F)(F)F. The van der Waals surface area contributed by atoms with Gasteiger partial charge in [0.1, 0.15) is 0 Å². The Labute approximate surface area is 135 Å². The van der Waals surface area contributed by atoms with Gasteiger partial charge in [-0.3, -0.25) is 0 Å². The van der Waals surface area contributed by atoms with E-state index in [-0.39, 0.29) is 11.7 Å². The van der Waals surface area contributed by atoms with Crippen molar-refractivity contribution in [2.45, 2.75) is 6.18 Å². The number of benzene rings is 2. The Balaban J connectivity index is 1.87. The fourth-order valence-corrected chi connectivity index (χ4v) is 2.15. The first-order chi connectivity index (χ1) is 11.5. The number of nitriles is 1. The van der Waals surface area contributed by atoms with Gasteiger partial charge in [0.25, 0.3) is 6.01 Å². The number of aromatic nitrogens is 1. The minimum absolute atomic E-state index is 0.0617. The first-order valence-electron chi connectivity index (χ1n) is 6.87. The van der Waals surface area contributed by atoms with Crippen molar-refractivity contribution in [2.24, 2.45) is 0 Å². The predicted molar refractivity (Wildman–Crippen MR) is 81.4 cm³/mol. The van der Waals surface area contributed by atoms with Gasteiger partial charge in [0, 0.05) is 11.3 Å². The van der Waals surface area contributed by atoms with E-state index in [1.807, 2.05) is 30.3 Å². The van der Waals surface area contributed by atoms with Gasteiger partial charge in [-0.15, -0.1) is 0 Å². The molecule has 0 unspecified atom stereocenters. The Bertz CT molecular complexity index is 895. The van der Waals surface area contributed by atoms with E-state index in [1.165, 1.54) is 18.3 Å². The molecule has 2 aromatic carbocycles. The third kappa shape index (κ3) is 3.22. The van der Waals surface area contributed by atoms with E-state index in [2.05, 4.69) is 10.3 Å². The molecule has 3 aromatic rings. The average molecular weight is 329 g/mol. The van der Waals surface area contributed by atoms with Crippen LogP contribution in [0.5, 0.6) is 0 Å². The Kier molecular flexibility index (Phi) is 3.96. The number of halogens is 3. The number of hydrogen-bond acceptors (Lipinski definition) is 4. The zero-order valence-electron chi connectivity index (χ0n) is 12.1. The molecule has 0 amide bonds. The summed E-state index contributed by atoms with van der Waals surface area (Å²) >= 11 is 0. The predicted octanol–water partition coefficient (Wildman–Crippen LogP) is 4.98. The standard InChI is InChI=1S/C17H10F3N3O/c18-17(19,20)14-8-13(7-6-12(14)9-21)23-16-22-10-15(24-16)11-4-2-1-3-5-11/h1-8,10H,(H,22,23). The maximum absolute atomic E-state index is 13.0. The summed E-state index contributed by atoms with van der Waals surface area (Å²) in [4.78, 5) is 4.00. The largest absolute Gasteiger partial charge is 0.423 e. The smallest absolute Gasteiger partial charge is 0.417 e. The molecule has 0 aliphatic rings. The summed E-state index contributed by atoms with van der Waals surface area (Å²) in [6.07, 6.45) is -3.14. The van der Waals surface area contributed by atoms with Crippen molar-refractivity contribution in [1.82, 2.24) is 4.98 Å². The average Bonchev–Trinajstić information content (AvgIpc) is 3.03. The lowest BCUT2D eigenvalue weighted by atomic mass is 10.1. The molecule has 0 aliphatic carbocycles. The topological polar surface area (TPSA) is 61.9 Å². The van der Waals surface area contributed by atoms with Gasteiger partial charge in [-0.1, -0.05) is 30.3 Å². The van der Waals surface area contributed by atoms with Gasteiger partial charge in [0.05, 0.1) is 23.4 Å². The summed E-state index contributed by atoms with van der Waals surface area (Å²) in [6.45, 7) is 0. The lowest BCUT2D eigenvalue weighted by Crippen LogP contribution is -2.08. The molecule has 0 atom stereocenters. The molecule has 1 aromatic heterocycles. The van der Waals surface area contributed by atoms with Crippen LogP contribution in [-0.2, 0) is 6.18 Å². The van der Waals surface area contributed by atoms with Crippen molar-refractivity contribution in [3.8, 4) is 17.4 Å². The molecule has 0 fully saturated rings. The second-order valence-electron chi connectivity index (χ2n) is 4.89. The third-order valence-corrected chi connectivity index (χ3v) is 3.26. The van der Waals surface area contributed by atoms with Crippen molar-refractivity contribution in [3.05, 3.63) is 65.9 Å². The van der Waals surface area contributed by atoms with E-state index in [9.17, 15) is 13.2 Å². The third-order valence-electron chi connectivity index (χ3n) is 3.26. The van der Waals surface area contributed by atoms with Crippen LogP contribution in [0.25, 0.3) is 11.3 Å². The lowest BCUT2D eigenvalue weighted by Gasteiger charge is -2.10. The summed E-state index contributed by atoms with van der Waals surface area (Å²) in [5, 5.41) is 11.5. The van der Waals surface area contributed by atoms with Crippen molar-refractivity contribution in [3.63, 3.8) is 0 Å². The monoisotopic (exact) mass is 329 g/mol. The van der Waals surface area contributed by atoms with Gasteiger partial charge in [0.15, 0.2) is 5.76 Å². The Morgan fingerprint density at radius 1 is 1.08 bits per heavy atom. The first-order valence-corrected chi connectivity index (χ1v) is 6.87. The summed E-state index contributed by atoms with van der Waals surface area (Å²) in [7, 11) is 0. The summed E-state index contributed by atoms with van der Waals surface area (Å²) in [6, 6.07) is 14.1. The summed E-state index contributed by atoms with van der Waals surface area (Å²) in [5.41, 5.74) is -0.521. The van der Waals surface area contributed by atoms with E-state index in [0.29, 0.717) is 5.76 Å². The number of anilines is 2. The highest BCUT2D eigenvalue weighted by Crippen LogP contribution is 2.34. The number of nitrogens with zero attached hydrogens (tertiary/aromatic N) is 2. The molecule has 0 bridgehead atoms. The highest BCUT2D eigenvalue weighted by atomic mass is 19.4. The van der Waals surface area contributed by atoms with Crippen LogP contribution in [0.4, 0.5) is 24.9 Å². The molecule has 0 saturated heterocycles. The van der Waals surface area contributed by atoms with Crippen LogP contribution in [0.2, 0.25) is 0 Å². The van der Waals surface area contributed by atoms with E-state index >= 15 is 0 Å². The minimum atomic E-state index is -4.62. The van der Waals surface area contributed by atoms with Gasteiger partial charge in [-0.05, 0) is 18.2 Å². The van der Waals surface area contributed by atoms with Crippen molar-refractivity contribution < 1.29 is 17.6 Å². The number of alkyl halides is 3. The molecule has 1 heterocycles. The zero-order chi connectivity index (χ0) is 17.2.